The lowest BCUT2D eigenvalue weighted by Crippen LogP contribution is -2.42. The van der Waals surface area contributed by atoms with E-state index in [1.807, 2.05) is 97.9 Å². The molecule has 1 fully saturated rings. The van der Waals surface area contributed by atoms with Gasteiger partial charge in [-0.2, -0.15) is 0 Å². The third-order valence-corrected chi connectivity index (χ3v) is 8.03. The van der Waals surface area contributed by atoms with Crippen molar-refractivity contribution in [2.45, 2.75) is 12.8 Å². The van der Waals surface area contributed by atoms with Crippen LogP contribution in [-0.4, -0.2) is 17.8 Å². The monoisotopic (exact) mass is 485 g/mol. The van der Waals surface area contributed by atoms with Crippen LogP contribution in [0.15, 0.2) is 97.1 Å². The minimum Gasteiger partial charge on any atom is -0.425 e. The summed E-state index contributed by atoms with van der Waals surface area (Å²) in [5, 5.41) is 1.82. The number of imide groups is 1. The summed E-state index contributed by atoms with van der Waals surface area (Å²) in [6.07, 6.45) is 2.03. The number of ether oxygens (including phenoxy) is 1. The van der Waals surface area contributed by atoms with Crippen LogP contribution in [0.1, 0.15) is 22.6 Å². The van der Waals surface area contributed by atoms with Crippen molar-refractivity contribution in [1.29, 1.82) is 0 Å². The maximum absolute atomic E-state index is 14.1. The minimum absolute atomic E-state index is 0.273. The van der Waals surface area contributed by atoms with E-state index in [2.05, 4.69) is 0 Å². The van der Waals surface area contributed by atoms with Crippen LogP contribution in [0.25, 0.3) is 16.3 Å². The van der Waals surface area contributed by atoms with Crippen LogP contribution in [-0.2, 0) is 14.4 Å². The van der Waals surface area contributed by atoms with Crippen molar-refractivity contribution in [1.82, 2.24) is 0 Å². The number of hydrogen-bond donors (Lipinski definition) is 0. The number of carbonyl (C=O) groups excluding carboxylic acids is 3. The first-order chi connectivity index (χ1) is 18.0. The van der Waals surface area contributed by atoms with Gasteiger partial charge in [-0.25, -0.2) is 4.90 Å². The standard InChI is InChI=1S/C32H23NO4/c1-18-9-5-8-14-25(18)33-30(34)26-23(19-10-3-2-4-11-19)17-24-22-16-15-20-12-6-7-13-21(20)29(22)37-32(36)27(24)28(26)31(33)35/h2-17,23,26-28H,1H3/t23-,26-,27+,28-/m0/s1. The van der Waals surface area contributed by atoms with Crippen LogP contribution >= 0.6 is 0 Å². The molecule has 0 bridgehead atoms. The lowest BCUT2D eigenvalue weighted by Gasteiger charge is -2.38. The first-order valence-corrected chi connectivity index (χ1v) is 12.5. The summed E-state index contributed by atoms with van der Waals surface area (Å²) in [6.45, 7) is 1.88. The van der Waals surface area contributed by atoms with Gasteiger partial charge in [0.25, 0.3) is 0 Å². The highest BCUT2D eigenvalue weighted by atomic mass is 16.5. The Kier molecular flexibility index (Phi) is 4.70. The molecule has 3 aliphatic rings. The molecular formula is C32H23NO4. The molecule has 0 unspecified atom stereocenters. The molecule has 0 saturated carbocycles. The topological polar surface area (TPSA) is 63.7 Å². The fourth-order valence-electron chi connectivity index (χ4n) is 6.34. The zero-order valence-corrected chi connectivity index (χ0v) is 20.1. The molecule has 7 rings (SSSR count). The fourth-order valence-corrected chi connectivity index (χ4v) is 6.34. The number of nitrogens with zero attached hydrogens (tertiary/aromatic N) is 1. The van der Waals surface area contributed by atoms with Crippen molar-refractivity contribution in [3.63, 3.8) is 0 Å². The third-order valence-electron chi connectivity index (χ3n) is 8.03. The molecule has 1 saturated heterocycles. The summed E-state index contributed by atoms with van der Waals surface area (Å²) >= 11 is 0. The van der Waals surface area contributed by atoms with Crippen LogP contribution < -0.4 is 9.64 Å². The SMILES string of the molecule is Cc1ccccc1N1C(=O)[C@@H]2[C@@H]3C(=O)Oc4c(ccc5ccccc45)C3=C[C@@H](c3ccccc3)[C@@H]2C1=O. The molecule has 0 radical (unpaired) electrons. The number of benzene rings is 4. The molecule has 1 aliphatic carbocycles. The van der Waals surface area contributed by atoms with Crippen molar-refractivity contribution < 1.29 is 19.1 Å². The van der Waals surface area contributed by atoms with E-state index >= 15 is 0 Å². The molecular weight excluding hydrogens is 462 g/mol. The summed E-state index contributed by atoms with van der Waals surface area (Å²) in [4.78, 5) is 43.0. The van der Waals surface area contributed by atoms with Crippen molar-refractivity contribution in [3.8, 4) is 5.75 Å². The average Bonchev–Trinajstić information content (AvgIpc) is 3.19. The van der Waals surface area contributed by atoms with E-state index in [0.29, 0.717) is 11.4 Å². The lowest BCUT2D eigenvalue weighted by atomic mass is 9.64. The Bertz CT molecular complexity index is 1650. The highest BCUT2D eigenvalue weighted by Gasteiger charge is 2.60. The van der Waals surface area contributed by atoms with Gasteiger partial charge in [0.05, 0.1) is 23.4 Å². The van der Waals surface area contributed by atoms with E-state index in [1.165, 1.54) is 4.90 Å². The number of aryl methyl sites for hydroxylation is 1. The highest BCUT2D eigenvalue weighted by Crippen LogP contribution is 2.55. The number of allylic oxidation sites excluding steroid dienone is 1. The van der Waals surface area contributed by atoms with E-state index < -0.39 is 23.7 Å². The Morgan fingerprint density at radius 2 is 1.43 bits per heavy atom. The number of anilines is 1. The van der Waals surface area contributed by atoms with Crippen molar-refractivity contribution >= 4 is 39.8 Å². The molecule has 0 aromatic heterocycles. The lowest BCUT2D eigenvalue weighted by molar-refractivity contribution is -0.142. The first kappa shape index (κ1) is 21.7. The summed E-state index contributed by atoms with van der Waals surface area (Å²) in [5.41, 5.74) is 3.90. The van der Waals surface area contributed by atoms with Crippen molar-refractivity contribution in [2.75, 3.05) is 4.90 Å². The number of fused-ring (bicyclic) bond motifs is 7. The maximum atomic E-state index is 14.1. The molecule has 37 heavy (non-hydrogen) atoms. The maximum Gasteiger partial charge on any atom is 0.319 e. The number of rotatable bonds is 2. The number of hydrogen-bond acceptors (Lipinski definition) is 4. The molecule has 4 aromatic rings. The van der Waals surface area contributed by atoms with Gasteiger partial charge in [-0.3, -0.25) is 14.4 Å². The van der Waals surface area contributed by atoms with Crippen LogP contribution in [0.3, 0.4) is 0 Å². The van der Waals surface area contributed by atoms with Gasteiger partial charge < -0.3 is 4.74 Å². The molecule has 4 atom stereocenters. The number of para-hydroxylation sites is 1. The Labute approximate surface area is 214 Å². The molecule has 2 aliphatic heterocycles. The molecule has 2 amide bonds. The average molecular weight is 486 g/mol. The largest absolute Gasteiger partial charge is 0.425 e. The van der Waals surface area contributed by atoms with Crippen molar-refractivity contribution in [2.24, 2.45) is 17.8 Å². The highest BCUT2D eigenvalue weighted by molar-refractivity contribution is 6.25. The Morgan fingerprint density at radius 1 is 0.730 bits per heavy atom. The molecule has 2 heterocycles. The smallest absolute Gasteiger partial charge is 0.319 e. The quantitative estimate of drug-likeness (QED) is 0.209. The van der Waals surface area contributed by atoms with Gasteiger partial charge in [0.15, 0.2) is 0 Å². The Balaban J connectivity index is 1.46. The van der Waals surface area contributed by atoms with Crippen molar-refractivity contribution in [3.05, 3.63) is 114 Å². The number of amides is 2. The Hall–Kier alpha value is -4.51. The van der Waals surface area contributed by atoms with E-state index in [1.54, 1.807) is 6.07 Å². The number of esters is 1. The van der Waals surface area contributed by atoms with Gasteiger partial charge in [-0.15, -0.1) is 0 Å². The predicted octanol–water partition coefficient (Wildman–Crippen LogP) is 5.67. The fraction of sp³-hybridized carbons (Fsp3) is 0.156. The predicted molar refractivity (Wildman–Crippen MR) is 141 cm³/mol. The zero-order chi connectivity index (χ0) is 25.3. The Morgan fingerprint density at radius 3 is 2.24 bits per heavy atom. The van der Waals surface area contributed by atoms with Gasteiger partial charge in [0, 0.05) is 16.9 Å². The summed E-state index contributed by atoms with van der Waals surface area (Å²) in [6, 6.07) is 28.9. The molecule has 0 spiro atoms. The van der Waals surface area contributed by atoms with Crippen LogP contribution in [0.2, 0.25) is 0 Å². The molecule has 4 aromatic carbocycles. The molecule has 5 nitrogen and oxygen atoms in total. The number of carbonyl (C=O) groups is 3. The van der Waals surface area contributed by atoms with Crippen LogP contribution in [0.5, 0.6) is 5.75 Å². The summed E-state index contributed by atoms with van der Waals surface area (Å²) < 4.78 is 5.95. The summed E-state index contributed by atoms with van der Waals surface area (Å²) in [5.74, 6) is -3.32. The molecule has 0 N–H and O–H groups in total. The first-order valence-electron chi connectivity index (χ1n) is 12.5. The second-order valence-electron chi connectivity index (χ2n) is 9.97. The normalized spacial score (nSPS) is 24.3. The second-order valence-corrected chi connectivity index (χ2v) is 9.97. The van der Waals surface area contributed by atoms with Gasteiger partial charge >= 0.3 is 5.97 Å². The van der Waals surface area contributed by atoms with E-state index in [0.717, 1.165) is 33.0 Å². The van der Waals surface area contributed by atoms with E-state index in [9.17, 15) is 14.4 Å². The van der Waals surface area contributed by atoms with Gasteiger partial charge in [0.1, 0.15) is 5.75 Å². The second kappa shape index (κ2) is 8.00. The summed E-state index contributed by atoms with van der Waals surface area (Å²) in [7, 11) is 0. The van der Waals surface area contributed by atoms with Gasteiger partial charge in [0.2, 0.25) is 11.8 Å². The molecule has 5 heteroatoms. The van der Waals surface area contributed by atoms with Crippen LogP contribution in [0.4, 0.5) is 5.69 Å². The molecule has 180 valence electrons. The van der Waals surface area contributed by atoms with Crippen LogP contribution in [0, 0.1) is 24.7 Å². The van der Waals surface area contributed by atoms with E-state index in [4.69, 9.17) is 4.74 Å². The van der Waals surface area contributed by atoms with Gasteiger partial charge in [-0.05, 0) is 35.1 Å². The third kappa shape index (κ3) is 3.07. The van der Waals surface area contributed by atoms with Gasteiger partial charge in [-0.1, -0.05) is 91.0 Å². The van der Waals surface area contributed by atoms with E-state index in [-0.39, 0.29) is 17.7 Å². The minimum atomic E-state index is -0.843. The zero-order valence-electron chi connectivity index (χ0n) is 20.1.